The lowest BCUT2D eigenvalue weighted by molar-refractivity contribution is -0.137. The van der Waals surface area contributed by atoms with Crippen LogP contribution < -0.4 is 0 Å². The molecule has 4 rings (SSSR count). The van der Waals surface area contributed by atoms with Crippen LogP contribution in [0.1, 0.15) is 29.3 Å². The molecule has 1 unspecified atom stereocenters. The smallest absolute Gasteiger partial charge is 0.324 e. The molecule has 146 valence electrons. The van der Waals surface area contributed by atoms with E-state index in [0.29, 0.717) is 12.6 Å². The number of likely N-dealkylation sites (tertiary alicyclic amines) is 1. The Kier molecular flexibility index (Phi) is 4.93. The molecule has 1 fully saturated rings. The summed E-state index contributed by atoms with van der Waals surface area (Å²) >= 11 is 0. The lowest BCUT2D eigenvalue weighted by Crippen LogP contribution is -2.22. The van der Waals surface area contributed by atoms with Crippen LogP contribution in [-0.2, 0) is 12.7 Å². The number of nitrogens with zero attached hydrogens (tertiary/aromatic N) is 4. The zero-order chi connectivity index (χ0) is 19.7. The Morgan fingerprint density at radius 2 is 1.79 bits per heavy atom. The van der Waals surface area contributed by atoms with Gasteiger partial charge in [0, 0.05) is 55.5 Å². The topological polar surface area (TPSA) is 34.0 Å². The summed E-state index contributed by atoms with van der Waals surface area (Å²) in [6, 6.07) is 9.65. The summed E-state index contributed by atoms with van der Waals surface area (Å²) in [5.74, 6) is 0.932. The van der Waals surface area contributed by atoms with Gasteiger partial charge in [-0.2, -0.15) is 13.2 Å². The van der Waals surface area contributed by atoms with Crippen LogP contribution in [0.5, 0.6) is 0 Å². The van der Waals surface area contributed by atoms with E-state index in [1.165, 1.54) is 0 Å². The number of aryl methyl sites for hydroxylation is 1. The number of alkyl halides is 3. The fraction of sp³-hybridized carbons (Fsp3) is 0.333. The monoisotopic (exact) mass is 386 g/mol. The molecule has 0 N–H and O–H groups in total. The van der Waals surface area contributed by atoms with E-state index in [9.17, 15) is 13.2 Å². The molecule has 0 amide bonds. The Bertz CT molecular complexity index is 933. The maximum atomic E-state index is 12.7. The number of hydrogen-bond donors (Lipinski definition) is 0. The summed E-state index contributed by atoms with van der Waals surface area (Å²) < 4.78 is 40.4. The molecule has 0 spiro atoms. The molecule has 3 aromatic rings. The third-order valence-corrected chi connectivity index (χ3v) is 5.22. The normalized spacial score (nSPS) is 17.9. The molecule has 1 atom stereocenters. The van der Waals surface area contributed by atoms with Gasteiger partial charge in [0.1, 0.15) is 5.82 Å². The van der Waals surface area contributed by atoms with E-state index in [4.69, 9.17) is 0 Å². The van der Waals surface area contributed by atoms with E-state index in [2.05, 4.69) is 26.4 Å². The minimum Gasteiger partial charge on any atom is -0.324 e. The Balaban J connectivity index is 1.47. The summed E-state index contributed by atoms with van der Waals surface area (Å²) in [6.45, 7) is 4.44. The molecule has 7 heteroatoms. The van der Waals surface area contributed by atoms with E-state index in [1.807, 2.05) is 18.3 Å². The van der Waals surface area contributed by atoms with Crippen LogP contribution in [-0.4, -0.2) is 32.5 Å². The molecule has 1 aromatic carbocycles. The maximum absolute atomic E-state index is 12.7. The highest BCUT2D eigenvalue weighted by molar-refractivity contribution is 5.55. The van der Waals surface area contributed by atoms with Crippen molar-refractivity contribution < 1.29 is 13.2 Å². The number of benzene rings is 1. The Hall–Kier alpha value is -2.67. The molecule has 3 heterocycles. The molecule has 1 aliphatic heterocycles. The van der Waals surface area contributed by atoms with Crippen molar-refractivity contribution in [3.05, 3.63) is 71.8 Å². The first-order valence-electron chi connectivity index (χ1n) is 9.24. The number of aromatic nitrogens is 3. The second-order valence-corrected chi connectivity index (χ2v) is 7.20. The predicted molar refractivity (Wildman–Crippen MR) is 101 cm³/mol. The van der Waals surface area contributed by atoms with Gasteiger partial charge in [0.15, 0.2) is 0 Å². The van der Waals surface area contributed by atoms with Gasteiger partial charge >= 0.3 is 6.18 Å². The molecule has 0 saturated carbocycles. The van der Waals surface area contributed by atoms with Crippen molar-refractivity contribution in [3.63, 3.8) is 0 Å². The molecule has 4 nitrogen and oxygen atoms in total. The van der Waals surface area contributed by atoms with Crippen LogP contribution in [0.4, 0.5) is 13.2 Å². The van der Waals surface area contributed by atoms with Gasteiger partial charge in [0.2, 0.25) is 0 Å². The van der Waals surface area contributed by atoms with Gasteiger partial charge in [0.25, 0.3) is 0 Å². The summed E-state index contributed by atoms with van der Waals surface area (Å²) in [4.78, 5) is 10.9. The zero-order valence-electron chi connectivity index (χ0n) is 15.5. The second-order valence-electron chi connectivity index (χ2n) is 7.20. The fourth-order valence-electron chi connectivity index (χ4n) is 3.85. The number of hydrogen-bond acceptors (Lipinski definition) is 3. The van der Waals surface area contributed by atoms with Crippen molar-refractivity contribution in [3.8, 4) is 11.4 Å². The molecule has 0 aliphatic carbocycles. The molecule has 0 bridgehead atoms. The summed E-state index contributed by atoms with van der Waals surface area (Å²) in [6.07, 6.45) is 2.09. The Morgan fingerprint density at radius 1 is 1.07 bits per heavy atom. The quantitative estimate of drug-likeness (QED) is 0.651. The standard InChI is InChI=1S/C21H21F3N4/c1-15-12-26-20(17-6-9-25-10-7-17)28(15)19-8-11-27(14-19)13-16-2-4-18(5-3-16)21(22,23)24/h2-7,9-10,12,19H,8,11,13-14H2,1H3. The molecule has 1 saturated heterocycles. The first-order chi connectivity index (χ1) is 13.4. The zero-order valence-corrected chi connectivity index (χ0v) is 15.5. The number of rotatable bonds is 4. The average Bonchev–Trinajstić information content (AvgIpc) is 3.28. The first-order valence-corrected chi connectivity index (χ1v) is 9.24. The van der Waals surface area contributed by atoms with Crippen molar-refractivity contribution in [2.75, 3.05) is 13.1 Å². The van der Waals surface area contributed by atoms with Crippen LogP contribution in [0.2, 0.25) is 0 Å². The Labute approximate surface area is 161 Å². The van der Waals surface area contributed by atoms with Gasteiger partial charge in [-0.1, -0.05) is 12.1 Å². The van der Waals surface area contributed by atoms with Crippen LogP contribution in [0.15, 0.2) is 55.0 Å². The van der Waals surface area contributed by atoms with E-state index in [1.54, 1.807) is 24.5 Å². The van der Waals surface area contributed by atoms with Crippen molar-refractivity contribution in [1.29, 1.82) is 0 Å². The highest BCUT2D eigenvalue weighted by atomic mass is 19.4. The number of pyridine rings is 1. The van der Waals surface area contributed by atoms with E-state index < -0.39 is 11.7 Å². The maximum Gasteiger partial charge on any atom is 0.416 e. The van der Waals surface area contributed by atoms with E-state index in [0.717, 1.165) is 54.3 Å². The van der Waals surface area contributed by atoms with Gasteiger partial charge < -0.3 is 4.57 Å². The summed E-state index contributed by atoms with van der Waals surface area (Å²) in [5.41, 5.74) is 2.43. The van der Waals surface area contributed by atoms with Crippen molar-refractivity contribution in [1.82, 2.24) is 19.4 Å². The molecule has 1 aliphatic rings. The van der Waals surface area contributed by atoms with Gasteiger partial charge in [-0.05, 0) is 43.2 Å². The van der Waals surface area contributed by atoms with Crippen molar-refractivity contribution in [2.45, 2.75) is 32.1 Å². The molecule has 2 aromatic heterocycles. The fourth-order valence-corrected chi connectivity index (χ4v) is 3.85. The minimum absolute atomic E-state index is 0.292. The van der Waals surface area contributed by atoms with Gasteiger partial charge in [-0.15, -0.1) is 0 Å². The SMILES string of the molecule is Cc1cnc(-c2ccncc2)n1C1CCN(Cc2ccc(C(F)(F)F)cc2)C1. The molecule has 28 heavy (non-hydrogen) atoms. The molecule has 0 radical (unpaired) electrons. The van der Waals surface area contributed by atoms with E-state index >= 15 is 0 Å². The lowest BCUT2D eigenvalue weighted by atomic mass is 10.1. The number of imidazole rings is 1. The summed E-state index contributed by atoms with van der Waals surface area (Å²) in [5, 5.41) is 0. The predicted octanol–water partition coefficient (Wildman–Crippen LogP) is 4.72. The first kappa shape index (κ1) is 18.7. The molecular formula is C21H21F3N4. The highest BCUT2D eigenvalue weighted by Gasteiger charge is 2.30. The third-order valence-electron chi connectivity index (χ3n) is 5.22. The third kappa shape index (κ3) is 3.80. The Morgan fingerprint density at radius 3 is 2.46 bits per heavy atom. The van der Waals surface area contributed by atoms with E-state index in [-0.39, 0.29) is 0 Å². The molecular weight excluding hydrogens is 365 g/mol. The van der Waals surface area contributed by atoms with Gasteiger partial charge in [0.05, 0.1) is 5.56 Å². The van der Waals surface area contributed by atoms with Crippen molar-refractivity contribution >= 4 is 0 Å². The largest absolute Gasteiger partial charge is 0.416 e. The highest BCUT2D eigenvalue weighted by Crippen LogP contribution is 2.31. The van der Waals surface area contributed by atoms with Crippen molar-refractivity contribution in [2.24, 2.45) is 0 Å². The second kappa shape index (κ2) is 7.39. The summed E-state index contributed by atoms with van der Waals surface area (Å²) in [7, 11) is 0. The van der Waals surface area contributed by atoms with Crippen LogP contribution in [0, 0.1) is 6.92 Å². The van der Waals surface area contributed by atoms with Crippen LogP contribution in [0.3, 0.4) is 0 Å². The van der Waals surface area contributed by atoms with Gasteiger partial charge in [-0.25, -0.2) is 4.98 Å². The minimum atomic E-state index is -4.29. The van der Waals surface area contributed by atoms with Gasteiger partial charge in [-0.3, -0.25) is 9.88 Å². The lowest BCUT2D eigenvalue weighted by Gasteiger charge is -2.20. The van der Waals surface area contributed by atoms with Crippen LogP contribution >= 0.6 is 0 Å². The average molecular weight is 386 g/mol. The number of halogens is 3. The van der Waals surface area contributed by atoms with Crippen LogP contribution in [0.25, 0.3) is 11.4 Å².